The van der Waals surface area contributed by atoms with Crippen molar-refractivity contribution < 1.29 is 24.2 Å². The van der Waals surface area contributed by atoms with Gasteiger partial charge in [0.1, 0.15) is 6.04 Å². The maximum Gasteiger partial charge on any atom is 0.326 e. The van der Waals surface area contributed by atoms with E-state index in [1.165, 1.54) is 0 Å². The predicted molar refractivity (Wildman–Crippen MR) is 72.0 cm³/mol. The van der Waals surface area contributed by atoms with Crippen LogP contribution in [-0.2, 0) is 19.1 Å². The van der Waals surface area contributed by atoms with E-state index in [1.54, 1.807) is 6.92 Å². The van der Waals surface area contributed by atoms with Crippen LogP contribution in [-0.4, -0.2) is 35.6 Å². The Labute approximate surface area is 118 Å². The molecular formula is C14H23NO5. The van der Waals surface area contributed by atoms with E-state index in [9.17, 15) is 14.4 Å². The van der Waals surface area contributed by atoms with E-state index >= 15 is 0 Å². The van der Waals surface area contributed by atoms with Gasteiger partial charge < -0.3 is 15.2 Å². The zero-order valence-electron chi connectivity index (χ0n) is 11.9. The second-order valence-electron chi connectivity index (χ2n) is 5.16. The second-order valence-corrected chi connectivity index (χ2v) is 5.16. The molecule has 1 amide bonds. The number of amides is 1. The lowest BCUT2D eigenvalue weighted by molar-refractivity contribution is -0.145. The number of carboxylic acid groups (broad SMARTS) is 1. The van der Waals surface area contributed by atoms with Gasteiger partial charge in [0.2, 0.25) is 5.91 Å². The summed E-state index contributed by atoms with van der Waals surface area (Å²) in [5, 5.41) is 11.6. The van der Waals surface area contributed by atoms with Gasteiger partial charge >= 0.3 is 11.9 Å². The number of carbonyl (C=O) groups is 3. The first-order chi connectivity index (χ1) is 9.52. The molecule has 0 aromatic carbocycles. The lowest BCUT2D eigenvalue weighted by Crippen LogP contribution is -2.41. The quantitative estimate of drug-likeness (QED) is 0.659. The van der Waals surface area contributed by atoms with Crippen molar-refractivity contribution in [1.82, 2.24) is 5.32 Å². The number of hydrogen-bond donors (Lipinski definition) is 2. The highest BCUT2D eigenvalue weighted by Crippen LogP contribution is 2.27. The summed E-state index contributed by atoms with van der Waals surface area (Å²) in [7, 11) is 0. The topological polar surface area (TPSA) is 92.7 Å². The zero-order valence-corrected chi connectivity index (χ0v) is 11.9. The summed E-state index contributed by atoms with van der Waals surface area (Å²) in [5.41, 5.74) is 0. The molecule has 0 saturated heterocycles. The van der Waals surface area contributed by atoms with Crippen molar-refractivity contribution in [3.05, 3.63) is 0 Å². The van der Waals surface area contributed by atoms with Crippen LogP contribution in [0.2, 0.25) is 0 Å². The molecule has 20 heavy (non-hydrogen) atoms. The third-order valence-electron chi connectivity index (χ3n) is 3.52. The van der Waals surface area contributed by atoms with Gasteiger partial charge in [-0.1, -0.05) is 12.8 Å². The van der Waals surface area contributed by atoms with Crippen molar-refractivity contribution in [3.8, 4) is 0 Å². The van der Waals surface area contributed by atoms with Crippen LogP contribution in [0, 0.1) is 5.92 Å². The third kappa shape index (κ3) is 6.04. The predicted octanol–water partition coefficient (Wildman–Crippen LogP) is 1.48. The van der Waals surface area contributed by atoms with Gasteiger partial charge in [-0.15, -0.1) is 0 Å². The van der Waals surface area contributed by atoms with Crippen LogP contribution in [0.25, 0.3) is 0 Å². The van der Waals surface area contributed by atoms with Gasteiger partial charge in [-0.2, -0.15) is 0 Å². The van der Waals surface area contributed by atoms with Gasteiger partial charge in [0.15, 0.2) is 0 Å². The smallest absolute Gasteiger partial charge is 0.326 e. The molecule has 0 bridgehead atoms. The average Bonchev–Trinajstić information content (AvgIpc) is 2.87. The number of ether oxygens (including phenoxy) is 1. The van der Waals surface area contributed by atoms with Gasteiger partial charge in [0.05, 0.1) is 6.61 Å². The molecule has 0 radical (unpaired) electrons. The number of carboxylic acids is 1. The van der Waals surface area contributed by atoms with E-state index < -0.39 is 18.0 Å². The Kier molecular flexibility index (Phi) is 7.04. The fraction of sp³-hybridized carbons (Fsp3) is 0.786. The van der Waals surface area contributed by atoms with Crippen LogP contribution in [0.4, 0.5) is 0 Å². The molecule has 1 aliphatic carbocycles. The molecule has 1 fully saturated rings. The summed E-state index contributed by atoms with van der Waals surface area (Å²) >= 11 is 0. The SMILES string of the molecule is CCOC(=O)CC[C@H](NC(=O)CC1CCCC1)C(=O)O. The summed E-state index contributed by atoms with van der Waals surface area (Å²) in [6.07, 6.45) is 4.79. The van der Waals surface area contributed by atoms with Crippen molar-refractivity contribution in [3.63, 3.8) is 0 Å². The maximum atomic E-state index is 11.8. The molecule has 6 nitrogen and oxygen atoms in total. The standard InChI is InChI=1S/C14H23NO5/c1-2-20-13(17)8-7-11(14(18)19)15-12(16)9-10-5-3-4-6-10/h10-11H,2-9H2,1H3,(H,15,16)(H,18,19)/t11-/m0/s1. The molecular weight excluding hydrogens is 262 g/mol. The molecule has 0 aromatic rings. The van der Waals surface area contributed by atoms with Crippen LogP contribution in [0.5, 0.6) is 0 Å². The van der Waals surface area contributed by atoms with E-state index in [0.29, 0.717) is 12.3 Å². The summed E-state index contributed by atoms with van der Waals surface area (Å²) in [4.78, 5) is 34.1. The van der Waals surface area contributed by atoms with Gasteiger partial charge in [-0.3, -0.25) is 9.59 Å². The van der Waals surface area contributed by atoms with E-state index in [1.807, 2.05) is 0 Å². The van der Waals surface area contributed by atoms with Crippen LogP contribution in [0.15, 0.2) is 0 Å². The van der Waals surface area contributed by atoms with Gasteiger partial charge in [0.25, 0.3) is 0 Å². The minimum Gasteiger partial charge on any atom is -0.480 e. The Hall–Kier alpha value is -1.59. The molecule has 6 heteroatoms. The average molecular weight is 285 g/mol. The normalized spacial score (nSPS) is 16.6. The third-order valence-corrected chi connectivity index (χ3v) is 3.52. The summed E-state index contributed by atoms with van der Waals surface area (Å²) < 4.78 is 4.74. The minimum atomic E-state index is -1.12. The number of esters is 1. The van der Waals surface area contributed by atoms with Crippen molar-refractivity contribution in [1.29, 1.82) is 0 Å². The van der Waals surface area contributed by atoms with Gasteiger partial charge in [-0.25, -0.2) is 4.79 Å². The highest BCUT2D eigenvalue weighted by Gasteiger charge is 2.24. The fourth-order valence-electron chi connectivity index (χ4n) is 2.48. The molecule has 0 aromatic heterocycles. The lowest BCUT2D eigenvalue weighted by atomic mass is 10.0. The summed E-state index contributed by atoms with van der Waals surface area (Å²) in [5.74, 6) is -1.43. The van der Waals surface area contributed by atoms with Crippen LogP contribution in [0.1, 0.15) is 51.9 Å². The van der Waals surface area contributed by atoms with Crippen molar-refractivity contribution >= 4 is 17.8 Å². The molecule has 1 aliphatic rings. The summed E-state index contributed by atoms with van der Waals surface area (Å²) in [6, 6.07) is -1.02. The van der Waals surface area contributed by atoms with Crippen LogP contribution >= 0.6 is 0 Å². The monoisotopic (exact) mass is 285 g/mol. The molecule has 1 rings (SSSR count). The number of carbonyl (C=O) groups excluding carboxylic acids is 2. The van der Waals surface area contributed by atoms with Gasteiger partial charge in [0, 0.05) is 12.8 Å². The molecule has 1 saturated carbocycles. The maximum absolute atomic E-state index is 11.8. The van der Waals surface area contributed by atoms with Crippen molar-refractivity contribution in [2.75, 3.05) is 6.61 Å². The Morgan fingerprint density at radius 2 is 1.95 bits per heavy atom. The summed E-state index contributed by atoms with van der Waals surface area (Å²) in [6.45, 7) is 1.96. The first-order valence-electron chi connectivity index (χ1n) is 7.20. The fourth-order valence-corrected chi connectivity index (χ4v) is 2.48. The second kappa shape index (κ2) is 8.55. The van der Waals surface area contributed by atoms with E-state index in [4.69, 9.17) is 9.84 Å². The Balaban J connectivity index is 2.35. The van der Waals surface area contributed by atoms with Crippen molar-refractivity contribution in [2.45, 2.75) is 57.9 Å². The molecule has 0 spiro atoms. The highest BCUT2D eigenvalue weighted by molar-refractivity contribution is 5.84. The Bertz CT molecular complexity index is 349. The molecule has 1 atom stereocenters. The molecule has 114 valence electrons. The van der Waals surface area contributed by atoms with Gasteiger partial charge in [-0.05, 0) is 32.1 Å². The Morgan fingerprint density at radius 1 is 1.30 bits per heavy atom. The first-order valence-corrected chi connectivity index (χ1v) is 7.20. The van der Waals surface area contributed by atoms with Crippen LogP contribution < -0.4 is 5.32 Å². The lowest BCUT2D eigenvalue weighted by Gasteiger charge is -2.15. The van der Waals surface area contributed by atoms with E-state index in [0.717, 1.165) is 25.7 Å². The number of hydrogen-bond acceptors (Lipinski definition) is 4. The molecule has 0 heterocycles. The Morgan fingerprint density at radius 3 is 2.50 bits per heavy atom. The van der Waals surface area contributed by atoms with E-state index in [-0.39, 0.29) is 25.4 Å². The molecule has 2 N–H and O–H groups in total. The largest absolute Gasteiger partial charge is 0.480 e. The molecule has 0 aliphatic heterocycles. The van der Waals surface area contributed by atoms with E-state index in [2.05, 4.69) is 5.32 Å². The first kappa shape index (κ1) is 16.5. The number of aliphatic carboxylic acids is 1. The zero-order chi connectivity index (χ0) is 15.0. The minimum absolute atomic E-state index is 0.00544. The molecule has 0 unspecified atom stereocenters. The number of nitrogens with one attached hydrogen (secondary N) is 1. The number of rotatable bonds is 8. The van der Waals surface area contributed by atoms with Crippen molar-refractivity contribution in [2.24, 2.45) is 5.92 Å². The highest BCUT2D eigenvalue weighted by atomic mass is 16.5. The van der Waals surface area contributed by atoms with Crippen LogP contribution in [0.3, 0.4) is 0 Å².